The summed E-state index contributed by atoms with van der Waals surface area (Å²) in [7, 11) is 0. The minimum Gasteiger partial charge on any atom is -0.325 e. The molecule has 0 radical (unpaired) electrons. The van der Waals surface area contributed by atoms with E-state index in [1.807, 2.05) is 43.3 Å². The van der Waals surface area contributed by atoms with Crippen LogP contribution in [-0.2, 0) is 11.3 Å². The fourth-order valence-corrected chi connectivity index (χ4v) is 3.53. The van der Waals surface area contributed by atoms with Crippen LogP contribution in [0, 0.1) is 12.7 Å². The van der Waals surface area contributed by atoms with E-state index < -0.39 is 0 Å². The maximum absolute atomic E-state index is 14.1. The van der Waals surface area contributed by atoms with Gasteiger partial charge in [0.2, 0.25) is 5.91 Å². The molecule has 0 atom stereocenters. The summed E-state index contributed by atoms with van der Waals surface area (Å²) < 4.78 is 14.6. The lowest BCUT2D eigenvalue weighted by Gasteiger charge is -2.34. The fraction of sp³-hybridized carbons (Fsp3) is 0.350. The molecule has 0 spiro atoms. The standard InChI is InChI=1S/C20H23BrFN3O/c1-15-5-2-3-8-18(15)23-19(26)14-25-11-9-24(10-12-25)13-16-6-4-7-17(21)20(16)22/h2-8H,9-14H2,1H3,(H,23,26). The van der Waals surface area contributed by atoms with E-state index in [1.165, 1.54) is 0 Å². The van der Waals surface area contributed by atoms with E-state index in [2.05, 4.69) is 31.0 Å². The first-order valence-corrected chi connectivity index (χ1v) is 9.55. The third-order valence-corrected chi connectivity index (χ3v) is 5.29. The number of hydrogen-bond acceptors (Lipinski definition) is 3. The Kier molecular flexibility index (Phi) is 6.40. The zero-order valence-electron chi connectivity index (χ0n) is 14.8. The number of benzene rings is 2. The van der Waals surface area contributed by atoms with Crippen LogP contribution < -0.4 is 5.32 Å². The van der Waals surface area contributed by atoms with E-state index in [1.54, 1.807) is 6.07 Å². The Labute approximate surface area is 162 Å². The minimum absolute atomic E-state index is 0.00536. The summed E-state index contributed by atoms with van der Waals surface area (Å²) in [5.41, 5.74) is 2.62. The second-order valence-electron chi connectivity index (χ2n) is 6.63. The Morgan fingerprint density at radius 3 is 2.50 bits per heavy atom. The molecule has 1 amide bonds. The predicted octanol–water partition coefficient (Wildman–Crippen LogP) is 3.65. The SMILES string of the molecule is Cc1ccccc1NC(=O)CN1CCN(Cc2cccc(Br)c2F)CC1. The molecule has 0 aliphatic carbocycles. The lowest BCUT2D eigenvalue weighted by molar-refractivity contribution is -0.117. The van der Waals surface area contributed by atoms with Crippen LogP contribution in [0.3, 0.4) is 0 Å². The molecular weight excluding hydrogens is 397 g/mol. The van der Waals surface area contributed by atoms with Crippen molar-refractivity contribution in [2.75, 3.05) is 38.0 Å². The van der Waals surface area contributed by atoms with Crippen LogP contribution in [0.15, 0.2) is 46.9 Å². The van der Waals surface area contributed by atoms with Gasteiger partial charge in [0.05, 0.1) is 11.0 Å². The number of carbonyl (C=O) groups excluding carboxylic acids is 1. The van der Waals surface area contributed by atoms with Gasteiger partial charge in [-0.05, 0) is 40.5 Å². The van der Waals surface area contributed by atoms with Crippen LogP contribution in [0.25, 0.3) is 0 Å². The lowest BCUT2D eigenvalue weighted by Crippen LogP contribution is -2.48. The Bertz CT molecular complexity index is 775. The van der Waals surface area contributed by atoms with Crippen LogP contribution in [0.4, 0.5) is 10.1 Å². The topological polar surface area (TPSA) is 35.6 Å². The van der Waals surface area contributed by atoms with Crippen molar-refractivity contribution in [2.24, 2.45) is 0 Å². The third kappa shape index (κ3) is 4.90. The maximum Gasteiger partial charge on any atom is 0.238 e. The quantitative estimate of drug-likeness (QED) is 0.802. The highest BCUT2D eigenvalue weighted by Gasteiger charge is 2.20. The van der Waals surface area contributed by atoms with E-state index >= 15 is 0 Å². The van der Waals surface area contributed by atoms with Crippen LogP contribution in [0.5, 0.6) is 0 Å². The molecule has 1 N–H and O–H groups in total. The summed E-state index contributed by atoms with van der Waals surface area (Å²) >= 11 is 3.23. The number of piperazine rings is 1. The molecule has 0 unspecified atom stereocenters. The van der Waals surface area contributed by atoms with Gasteiger partial charge in [0.1, 0.15) is 5.82 Å². The number of nitrogens with zero attached hydrogens (tertiary/aromatic N) is 2. The molecule has 2 aromatic carbocycles. The number of rotatable bonds is 5. The van der Waals surface area contributed by atoms with Gasteiger partial charge in [-0.1, -0.05) is 30.3 Å². The number of nitrogens with one attached hydrogen (secondary N) is 1. The van der Waals surface area contributed by atoms with Crippen LogP contribution in [-0.4, -0.2) is 48.4 Å². The van der Waals surface area contributed by atoms with Crippen molar-refractivity contribution in [1.82, 2.24) is 9.80 Å². The summed E-state index contributed by atoms with van der Waals surface area (Å²) in [5.74, 6) is -0.182. The van der Waals surface area contributed by atoms with Crippen LogP contribution >= 0.6 is 15.9 Å². The molecule has 0 bridgehead atoms. The van der Waals surface area contributed by atoms with Gasteiger partial charge in [0.15, 0.2) is 0 Å². The van der Waals surface area contributed by atoms with Gasteiger partial charge in [-0.15, -0.1) is 0 Å². The maximum atomic E-state index is 14.1. The molecule has 6 heteroatoms. The second kappa shape index (κ2) is 8.75. The molecule has 138 valence electrons. The molecule has 1 heterocycles. The molecule has 3 rings (SSSR count). The van der Waals surface area contributed by atoms with Crippen LogP contribution in [0.2, 0.25) is 0 Å². The van der Waals surface area contributed by atoms with E-state index in [0.29, 0.717) is 23.1 Å². The Hall–Kier alpha value is -1.76. The molecule has 26 heavy (non-hydrogen) atoms. The van der Waals surface area contributed by atoms with Gasteiger partial charge in [0, 0.05) is 44.0 Å². The molecule has 2 aromatic rings. The largest absolute Gasteiger partial charge is 0.325 e. The van der Waals surface area contributed by atoms with Crippen LogP contribution in [0.1, 0.15) is 11.1 Å². The number of para-hydroxylation sites is 1. The van der Waals surface area contributed by atoms with Crippen molar-refractivity contribution in [2.45, 2.75) is 13.5 Å². The monoisotopic (exact) mass is 419 g/mol. The average molecular weight is 420 g/mol. The smallest absolute Gasteiger partial charge is 0.238 e. The first-order valence-electron chi connectivity index (χ1n) is 8.76. The molecule has 1 fully saturated rings. The highest BCUT2D eigenvalue weighted by atomic mass is 79.9. The summed E-state index contributed by atoms with van der Waals surface area (Å²) in [6.45, 7) is 6.21. The first kappa shape index (κ1) is 19.0. The Morgan fingerprint density at radius 1 is 1.08 bits per heavy atom. The number of hydrogen-bond donors (Lipinski definition) is 1. The summed E-state index contributed by atoms with van der Waals surface area (Å²) in [6.07, 6.45) is 0. The fourth-order valence-electron chi connectivity index (χ4n) is 3.12. The number of amides is 1. The number of aryl methyl sites for hydroxylation is 1. The van der Waals surface area contributed by atoms with Crippen molar-refractivity contribution in [3.05, 3.63) is 63.9 Å². The van der Waals surface area contributed by atoms with Gasteiger partial charge in [-0.3, -0.25) is 14.6 Å². The average Bonchev–Trinajstić information content (AvgIpc) is 2.62. The molecular formula is C20H23BrFN3O. The highest BCUT2D eigenvalue weighted by molar-refractivity contribution is 9.10. The molecule has 4 nitrogen and oxygen atoms in total. The molecule has 1 aliphatic rings. The summed E-state index contributed by atoms with van der Waals surface area (Å²) in [4.78, 5) is 16.6. The van der Waals surface area contributed by atoms with E-state index in [9.17, 15) is 9.18 Å². The van der Waals surface area contributed by atoms with Crippen molar-refractivity contribution in [1.29, 1.82) is 0 Å². The third-order valence-electron chi connectivity index (χ3n) is 4.68. The predicted molar refractivity (Wildman–Crippen MR) is 106 cm³/mol. The van der Waals surface area contributed by atoms with Crippen molar-refractivity contribution in [3.8, 4) is 0 Å². The first-order chi connectivity index (χ1) is 12.5. The van der Waals surface area contributed by atoms with Crippen molar-refractivity contribution in [3.63, 3.8) is 0 Å². The summed E-state index contributed by atoms with van der Waals surface area (Å²) in [5, 5.41) is 2.97. The highest BCUT2D eigenvalue weighted by Crippen LogP contribution is 2.20. The molecule has 1 aliphatic heterocycles. The molecule has 0 saturated carbocycles. The zero-order valence-corrected chi connectivity index (χ0v) is 16.4. The Morgan fingerprint density at radius 2 is 1.77 bits per heavy atom. The van der Waals surface area contributed by atoms with Crippen molar-refractivity contribution >= 4 is 27.5 Å². The van der Waals surface area contributed by atoms with Gasteiger partial charge >= 0.3 is 0 Å². The van der Waals surface area contributed by atoms with E-state index in [0.717, 1.165) is 37.4 Å². The normalized spacial score (nSPS) is 15.8. The van der Waals surface area contributed by atoms with Crippen molar-refractivity contribution < 1.29 is 9.18 Å². The van der Waals surface area contributed by atoms with Gasteiger partial charge in [-0.2, -0.15) is 0 Å². The summed E-state index contributed by atoms with van der Waals surface area (Å²) in [6, 6.07) is 13.2. The van der Waals surface area contributed by atoms with E-state index in [-0.39, 0.29) is 11.7 Å². The number of anilines is 1. The van der Waals surface area contributed by atoms with Gasteiger partial charge in [-0.25, -0.2) is 4.39 Å². The second-order valence-corrected chi connectivity index (χ2v) is 7.48. The van der Waals surface area contributed by atoms with Gasteiger partial charge in [0.25, 0.3) is 0 Å². The lowest BCUT2D eigenvalue weighted by atomic mass is 10.2. The zero-order chi connectivity index (χ0) is 18.5. The number of carbonyl (C=O) groups is 1. The molecule has 0 aromatic heterocycles. The minimum atomic E-state index is -0.187. The molecule has 1 saturated heterocycles. The van der Waals surface area contributed by atoms with E-state index in [4.69, 9.17) is 0 Å². The van der Waals surface area contributed by atoms with Gasteiger partial charge < -0.3 is 5.32 Å². The number of halogens is 2. The Balaban J connectivity index is 1.47.